The molecule has 0 bridgehead atoms. The van der Waals surface area contributed by atoms with Crippen LogP contribution in [-0.2, 0) is 52.2 Å². The predicted molar refractivity (Wildman–Crippen MR) is 268 cm³/mol. The van der Waals surface area contributed by atoms with Crippen molar-refractivity contribution < 1.29 is 26.4 Å². The number of unbranched alkanes of at least 4 members (excludes halogenated alkanes) is 4. The maximum atomic E-state index is 14.9. The first-order valence-corrected chi connectivity index (χ1v) is 27.3. The maximum absolute atomic E-state index is 14.9. The Morgan fingerprint density at radius 1 is 0.477 bits per heavy atom. The summed E-state index contributed by atoms with van der Waals surface area (Å²) in [7, 11) is -7.83. The Bertz CT molecular complexity index is 2570. The number of nitrogens with one attached hydrogen (secondary N) is 2. The third-order valence-electron chi connectivity index (χ3n) is 12.9. The van der Waals surface area contributed by atoms with Crippen LogP contribution in [0.5, 0.6) is 0 Å². The van der Waals surface area contributed by atoms with Gasteiger partial charge in [0.25, 0.3) is 0 Å². The minimum atomic E-state index is -3.92. The second-order valence-electron chi connectivity index (χ2n) is 17.3. The fourth-order valence-corrected chi connectivity index (χ4v) is 13.4. The Morgan fingerprint density at radius 2 is 0.846 bits per heavy atom. The summed E-state index contributed by atoms with van der Waals surface area (Å²) in [5, 5.41) is 7.17. The second kappa shape index (κ2) is 22.9. The molecule has 0 radical (unpaired) electrons. The first-order chi connectivity index (χ1) is 31.2. The SMILES string of the molecule is CCCCN(CCCC)S(=O)(=O)c1c(C)cc(CC)c(Nc2ccc(Nc3c(CC)cc(CC)c(S(=O)(=O)N(CCCC)CCCC)c3CC)c3c2C(=O)c2ccccc2C3=O)c1CC. The van der Waals surface area contributed by atoms with Crippen LogP contribution in [0.15, 0.2) is 58.3 Å². The van der Waals surface area contributed by atoms with Gasteiger partial charge in [-0.25, -0.2) is 16.8 Å². The van der Waals surface area contributed by atoms with Gasteiger partial charge >= 0.3 is 0 Å². The summed E-state index contributed by atoms with van der Waals surface area (Å²) in [4.78, 5) is 30.4. The molecule has 1 aliphatic rings. The Labute approximate surface area is 391 Å². The van der Waals surface area contributed by atoms with Crippen molar-refractivity contribution in [1.29, 1.82) is 0 Å². The molecule has 0 amide bonds. The van der Waals surface area contributed by atoms with Gasteiger partial charge < -0.3 is 10.6 Å². The standard InChI is InChI=1S/C53H74N4O6S2/c1-11-20-30-56(31-21-12-2)64(60,61)52-36(10)34-37(15-5)48(40(52)18-8)54-44-28-29-45(47-46(44)50(58)42-26-24-25-27-43(42)51(47)59)55-49-38(16-6)35-39(17-7)53(41(49)19-9)65(62,63)57(32-22-13-3)33-23-14-4/h24-29,34-35,54-55H,11-23,30-33H2,1-10H3. The van der Waals surface area contributed by atoms with E-state index in [-0.39, 0.29) is 38.7 Å². The van der Waals surface area contributed by atoms with Gasteiger partial charge in [-0.05, 0) is 110 Å². The van der Waals surface area contributed by atoms with Crippen LogP contribution in [0.4, 0.5) is 22.7 Å². The molecule has 0 aromatic heterocycles. The van der Waals surface area contributed by atoms with Gasteiger partial charge in [-0.3, -0.25) is 9.59 Å². The van der Waals surface area contributed by atoms with Gasteiger partial charge in [-0.2, -0.15) is 8.61 Å². The van der Waals surface area contributed by atoms with Crippen molar-refractivity contribution >= 4 is 54.4 Å². The normalized spacial score (nSPS) is 12.9. The van der Waals surface area contributed by atoms with Crippen LogP contribution in [0.1, 0.15) is 179 Å². The van der Waals surface area contributed by atoms with Crippen LogP contribution < -0.4 is 10.6 Å². The van der Waals surface area contributed by atoms with Gasteiger partial charge in [-0.15, -0.1) is 0 Å². The fourth-order valence-electron chi connectivity index (χ4n) is 9.28. The average molecular weight is 927 g/mol. The average Bonchev–Trinajstić information content (AvgIpc) is 3.30. The molecular weight excluding hydrogens is 853 g/mol. The molecule has 0 fully saturated rings. The minimum Gasteiger partial charge on any atom is -0.354 e. The van der Waals surface area contributed by atoms with Crippen LogP contribution >= 0.6 is 0 Å². The summed E-state index contributed by atoms with van der Waals surface area (Å²) in [6, 6.07) is 14.3. The highest BCUT2D eigenvalue weighted by Crippen LogP contribution is 2.44. The second-order valence-corrected chi connectivity index (χ2v) is 21.0. The monoisotopic (exact) mass is 927 g/mol. The van der Waals surface area contributed by atoms with Crippen molar-refractivity contribution in [2.75, 3.05) is 36.8 Å². The number of rotatable bonds is 25. The van der Waals surface area contributed by atoms with Crippen LogP contribution in [0.25, 0.3) is 0 Å². The summed E-state index contributed by atoms with van der Waals surface area (Å²) in [5.41, 5.74) is 7.52. The van der Waals surface area contributed by atoms with Crippen molar-refractivity contribution in [3.8, 4) is 0 Å². The highest BCUT2D eigenvalue weighted by molar-refractivity contribution is 7.89. The van der Waals surface area contributed by atoms with E-state index in [1.165, 1.54) is 0 Å². The molecule has 0 atom stereocenters. The van der Waals surface area contributed by atoms with Crippen LogP contribution in [0.2, 0.25) is 0 Å². The molecule has 0 saturated carbocycles. The van der Waals surface area contributed by atoms with Crippen molar-refractivity contribution in [3.05, 3.63) is 104 Å². The van der Waals surface area contributed by atoms with Gasteiger partial charge in [0.15, 0.2) is 11.6 Å². The number of hydrogen-bond donors (Lipinski definition) is 2. The Hall–Kier alpha value is -4.36. The van der Waals surface area contributed by atoms with E-state index in [2.05, 4.69) is 38.3 Å². The summed E-state index contributed by atoms with van der Waals surface area (Å²) >= 11 is 0. The Balaban J connectivity index is 1.78. The van der Waals surface area contributed by atoms with E-state index in [1.54, 1.807) is 45.0 Å². The third kappa shape index (κ3) is 10.5. The number of nitrogens with zero attached hydrogens (tertiary/aromatic N) is 2. The van der Waals surface area contributed by atoms with Crippen molar-refractivity contribution in [1.82, 2.24) is 8.61 Å². The number of sulfonamides is 2. The number of hydrogen-bond acceptors (Lipinski definition) is 8. The predicted octanol–water partition coefficient (Wildman–Crippen LogP) is 12.3. The molecule has 0 unspecified atom stereocenters. The van der Waals surface area contributed by atoms with Gasteiger partial charge in [0.05, 0.1) is 32.3 Å². The topological polar surface area (TPSA) is 133 Å². The molecular formula is C53H74N4O6S2. The lowest BCUT2D eigenvalue weighted by molar-refractivity contribution is 0.0980. The zero-order valence-corrected chi connectivity index (χ0v) is 42.4. The molecule has 12 heteroatoms. The van der Waals surface area contributed by atoms with Crippen molar-refractivity contribution in [3.63, 3.8) is 0 Å². The van der Waals surface area contributed by atoms with Gasteiger partial charge in [0.2, 0.25) is 20.0 Å². The van der Waals surface area contributed by atoms with Crippen LogP contribution in [0, 0.1) is 6.92 Å². The van der Waals surface area contributed by atoms with E-state index in [4.69, 9.17) is 0 Å². The van der Waals surface area contributed by atoms with E-state index < -0.39 is 20.0 Å². The highest BCUT2D eigenvalue weighted by atomic mass is 32.2. The quantitative estimate of drug-likeness (QED) is 0.0591. The lowest BCUT2D eigenvalue weighted by Gasteiger charge is -2.29. The number of aryl methyl sites for hydroxylation is 4. The molecule has 4 aromatic carbocycles. The molecule has 0 aliphatic heterocycles. The van der Waals surface area contributed by atoms with E-state index in [9.17, 15) is 26.4 Å². The first-order valence-electron chi connectivity index (χ1n) is 24.4. The zero-order valence-electron chi connectivity index (χ0n) is 40.8. The van der Waals surface area contributed by atoms with E-state index in [0.717, 1.165) is 68.1 Å². The molecule has 10 nitrogen and oxygen atoms in total. The van der Waals surface area contributed by atoms with Crippen molar-refractivity contribution in [2.45, 2.75) is 162 Å². The zero-order chi connectivity index (χ0) is 47.6. The number of fused-ring (bicyclic) bond motifs is 2. The molecule has 5 rings (SSSR count). The van der Waals surface area contributed by atoms with E-state index >= 15 is 0 Å². The summed E-state index contributed by atoms with van der Waals surface area (Å²) in [6.07, 6.45) is 9.02. The first kappa shape index (κ1) is 51.6. The molecule has 354 valence electrons. The van der Waals surface area contributed by atoms with Crippen LogP contribution in [-0.4, -0.2) is 63.2 Å². The largest absolute Gasteiger partial charge is 0.354 e. The lowest BCUT2D eigenvalue weighted by Crippen LogP contribution is -2.34. The molecule has 0 heterocycles. The molecule has 0 spiro atoms. The summed E-state index contributed by atoms with van der Waals surface area (Å²) < 4.78 is 62.5. The summed E-state index contributed by atoms with van der Waals surface area (Å²) in [6.45, 7) is 21.8. The van der Waals surface area contributed by atoms with Gasteiger partial charge in [0.1, 0.15) is 0 Å². The molecule has 65 heavy (non-hydrogen) atoms. The van der Waals surface area contributed by atoms with Gasteiger partial charge in [0, 0.05) is 48.7 Å². The molecule has 0 saturated heterocycles. The number of carbonyl (C=O) groups excluding carboxylic acids is 2. The third-order valence-corrected chi connectivity index (χ3v) is 17.1. The maximum Gasteiger partial charge on any atom is 0.243 e. The smallest absolute Gasteiger partial charge is 0.243 e. The minimum absolute atomic E-state index is 0.180. The number of carbonyl (C=O) groups is 2. The molecule has 1 aliphatic carbocycles. The van der Waals surface area contributed by atoms with Crippen LogP contribution in [0.3, 0.4) is 0 Å². The molecule has 2 N–H and O–H groups in total. The number of benzene rings is 4. The van der Waals surface area contributed by atoms with Gasteiger partial charge in [-0.1, -0.05) is 124 Å². The summed E-state index contributed by atoms with van der Waals surface area (Å²) in [5.74, 6) is -0.664. The Kier molecular flexibility index (Phi) is 18.2. The van der Waals surface area contributed by atoms with E-state index in [1.807, 2.05) is 53.7 Å². The van der Waals surface area contributed by atoms with Crippen molar-refractivity contribution in [2.24, 2.45) is 0 Å². The fraction of sp³-hybridized carbons (Fsp3) is 0.509. The lowest BCUT2D eigenvalue weighted by atomic mass is 9.82. The van der Waals surface area contributed by atoms with E-state index in [0.29, 0.717) is 103 Å². The number of ketones is 2. The Morgan fingerprint density at radius 3 is 1.22 bits per heavy atom. The highest BCUT2D eigenvalue weighted by Gasteiger charge is 2.37. The number of anilines is 4. The molecule has 4 aromatic rings.